The summed E-state index contributed by atoms with van der Waals surface area (Å²) in [6.07, 6.45) is 3.44. The Labute approximate surface area is 93.5 Å². The Hall–Kier alpha value is -0.120. The molecule has 1 aliphatic rings. The molecule has 1 aliphatic heterocycles. The minimum Gasteiger partial charge on any atom is -0.385 e. The first-order valence-corrected chi connectivity index (χ1v) is 5.96. The summed E-state index contributed by atoms with van der Waals surface area (Å²) < 4.78 is 10.5. The van der Waals surface area contributed by atoms with Crippen molar-refractivity contribution in [2.24, 2.45) is 5.41 Å². The topological polar surface area (TPSA) is 30.5 Å². The Morgan fingerprint density at radius 3 is 2.67 bits per heavy atom. The lowest BCUT2D eigenvalue weighted by molar-refractivity contribution is 0.0226. The van der Waals surface area contributed by atoms with Gasteiger partial charge in [-0.05, 0) is 31.6 Å². The van der Waals surface area contributed by atoms with Crippen LogP contribution in [0.2, 0.25) is 0 Å². The van der Waals surface area contributed by atoms with Gasteiger partial charge in [-0.15, -0.1) is 0 Å². The van der Waals surface area contributed by atoms with Gasteiger partial charge in [0.05, 0.1) is 0 Å². The lowest BCUT2D eigenvalue weighted by Crippen LogP contribution is -2.40. The van der Waals surface area contributed by atoms with E-state index < -0.39 is 0 Å². The zero-order valence-electron chi connectivity index (χ0n) is 10.3. The third-order valence-electron chi connectivity index (χ3n) is 3.33. The second-order valence-corrected chi connectivity index (χ2v) is 4.99. The monoisotopic (exact) mass is 215 g/mol. The van der Waals surface area contributed by atoms with Crippen molar-refractivity contribution in [3.63, 3.8) is 0 Å². The van der Waals surface area contributed by atoms with E-state index in [0.29, 0.717) is 11.5 Å². The predicted molar refractivity (Wildman–Crippen MR) is 62.1 cm³/mol. The maximum atomic E-state index is 5.39. The second-order valence-electron chi connectivity index (χ2n) is 4.99. The van der Waals surface area contributed by atoms with E-state index in [1.165, 1.54) is 12.8 Å². The fraction of sp³-hybridized carbons (Fsp3) is 1.00. The van der Waals surface area contributed by atoms with Crippen molar-refractivity contribution >= 4 is 0 Å². The molecule has 3 heteroatoms. The summed E-state index contributed by atoms with van der Waals surface area (Å²) in [5, 5.41) is 3.59. The molecule has 0 aromatic carbocycles. The molecule has 0 saturated carbocycles. The van der Waals surface area contributed by atoms with E-state index in [0.717, 1.165) is 32.8 Å². The number of rotatable bonds is 6. The first-order valence-electron chi connectivity index (χ1n) is 5.96. The third kappa shape index (κ3) is 4.96. The van der Waals surface area contributed by atoms with Crippen LogP contribution in [-0.4, -0.2) is 39.5 Å². The molecule has 0 spiro atoms. The molecule has 15 heavy (non-hydrogen) atoms. The van der Waals surface area contributed by atoms with Crippen molar-refractivity contribution in [1.82, 2.24) is 5.32 Å². The second kappa shape index (κ2) is 6.46. The third-order valence-corrected chi connectivity index (χ3v) is 3.33. The van der Waals surface area contributed by atoms with Crippen LogP contribution < -0.4 is 5.32 Å². The van der Waals surface area contributed by atoms with Gasteiger partial charge in [-0.25, -0.2) is 0 Å². The molecule has 0 radical (unpaired) electrons. The molecule has 0 aliphatic carbocycles. The summed E-state index contributed by atoms with van der Waals surface area (Å²) in [4.78, 5) is 0. The van der Waals surface area contributed by atoms with Crippen LogP contribution in [0.4, 0.5) is 0 Å². The van der Waals surface area contributed by atoms with E-state index in [1.807, 2.05) is 0 Å². The first kappa shape index (κ1) is 12.9. The summed E-state index contributed by atoms with van der Waals surface area (Å²) in [5.74, 6) is 0. The molecule has 1 unspecified atom stereocenters. The van der Waals surface area contributed by atoms with E-state index in [-0.39, 0.29) is 0 Å². The van der Waals surface area contributed by atoms with Crippen molar-refractivity contribution < 1.29 is 9.47 Å². The van der Waals surface area contributed by atoms with Crippen LogP contribution in [0.15, 0.2) is 0 Å². The van der Waals surface area contributed by atoms with Gasteiger partial charge in [0.1, 0.15) is 0 Å². The minimum atomic E-state index is 0.430. The Bertz CT molecular complexity index is 167. The number of methoxy groups -OCH3 is 1. The molecule has 90 valence electrons. The Morgan fingerprint density at radius 2 is 2.07 bits per heavy atom. The molecular weight excluding hydrogens is 190 g/mol. The Balaban J connectivity index is 2.16. The van der Waals surface area contributed by atoms with Gasteiger partial charge in [-0.3, -0.25) is 0 Å². The quantitative estimate of drug-likeness (QED) is 0.733. The van der Waals surface area contributed by atoms with Gasteiger partial charge < -0.3 is 14.8 Å². The SMILES string of the molecule is COCCC(C)NCC1(C)CCOCC1. The van der Waals surface area contributed by atoms with Crippen LogP contribution in [-0.2, 0) is 9.47 Å². The molecule has 3 nitrogen and oxygen atoms in total. The maximum Gasteiger partial charge on any atom is 0.0476 e. The minimum absolute atomic E-state index is 0.430. The average Bonchev–Trinajstić information content (AvgIpc) is 2.25. The molecule has 1 rings (SSSR count). The maximum absolute atomic E-state index is 5.39. The van der Waals surface area contributed by atoms with Crippen LogP contribution in [0.25, 0.3) is 0 Å². The average molecular weight is 215 g/mol. The van der Waals surface area contributed by atoms with E-state index in [4.69, 9.17) is 9.47 Å². The van der Waals surface area contributed by atoms with Crippen molar-refractivity contribution in [2.75, 3.05) is 33.5 Å². The molecule has 1 saturated heterocycles. The summed E-state index contributed by atoms with van der Waals surface area (Å²) in [5.41, 5.74) is 0.430. The standard InChI is InChI=1S/C12H25NO2/c1-11(4-7-14-3)13-10-12(2)5-8-15-9-6-12/h11,13H,4-10H2,1-3H3. The van der Waals surface area contributed by atoms with E-state index >= 15 is 0 Å². The van der Waals surface area contributed by atoms with E-state index in [9.17, 15) is 0 Å². The first-order chi connectivity index (χ1) is 7.16. The lowest BCUT2D eigenvalue weighted by Gasteiger charge is -2.34. The Kier molecular flexibility index (Phi) is 5.58. The number of hydrogen-bond acceptors (Lipinski definition) is 3. The lowest BCUT2D eigenvalue weighted by atomic mass is 9.82. The fourth-order valence-corrected chi connectivity index (χ4v) is 1.86. The highest BCUT2D eigenvalue weighted by molar-refractivity contribution is 4.80. The zero-order valence-corrected chi connectivity index (χ0v) is 10.3. The molecule has 1 atom stereocenters. The normalized spacial score (nSPS) is 22.6. The highest BCUT2D eigenvalue weighted by atomic mass is 16.5. The number of nitrogens with one attached hydrogen (secondary N) is 1. The van der Waals surface area contributed by atoms with Crippen LogP contribution in [0, 0.1) is 5.41 Å². The van der Waals surface area contributed by atoms with Gasteiger partial charge in [0.2, 0.25) is 0 Å². The van der Waals surface area contributed by atoms with Crippen LogP contribution in [0.5, 0.6) is 0 Å². The molecule has 0 amide bonds. The number of hydrogen-bond donors (Lipinski definition) is 1. The molecule has 1 N–H and O–H groups in total. The van der Waals surface area contributed by atoms with Crippen molar-refractivity contribution in [3.8, 4) is 0 Å². The Morgan fingerprint density at radius 1 is 1.40 bits per heavy atom. The van der Waals surface area contributed by atoms with Crippen LogP contribution in [0.1, 0.15) is 33.1 Å². The van der Waals surface area contributed by atoms with Crippen molar-refractivity contribution in [2.45, 2.75) is 39.2 Å². The summed E-state index contributed by atoms with van der Waals surface area (Å²) >= 11 is 0. The van der Waals surface area contributed by atoms with E-state index in [2.05, 4.69) is 19.2 Å². The largest absolute Gasteiger partial charge is 0.385 e. The zero-order chi connectivity index (χ0) is 11.1. The highest BCUT2D eigenvalue weighted by Gasteiger charge is 2.27. The van der Waals surface area contributed by atoms with Gasteiger partial charge >= 0.3 is 0 Å². The van der Waals surface area contributed by atoms with Crippen LogP contribution in [0.3, 0.4) is 0 Å². The van der Waals surface area contributed by atoms with Crippen molar-refractivity contribution in [3.05, 3.63) is 0 Å². The molecule has 0 aromatic rings. The van der Waals surface area contributed by atoms with Gasteiger partial charge in [-0.1, -0.05) is 6.92 Å². The highest BCUT2D eigenvalue weighted by Crippen LogP contribution is 2.28. The molecular formula is C12H25NO2. The summed E-state index contributed by atoms with van der Waals surface area (Å²) in [6, 6.07) is 0.546. The molecule has 1 fully saturated rings. The molecule has 0 aromatic heterocycles. The molecule has 1 heterocycles. The van der Waals surface area contributed by atoms with Gasteiger partial charge in [0, 0.05) is 39.5 Å². The van der Waals surface area contributed by atoms with Crippen LogP contribution >= 0.6 is 0 Å². The van der Waals surface area contributed by atoms with E-state index in [1.54, 1.807) is 7.11 Å². The molecule has 0 bridgehead atoms. The van der Waals surface area contributed by atoms with Crippen molar-refractivity contribution in [1.29, 1.82) is 0 Å². The fourth-order valence-electron chi connectivity index (χ4n) is 1.86. The van der Waals surface area contributed by atoms with Gasteiger partial charge in [-0.2, -0.15) is 0 Å². The predicted octanol–water partition coefficient (Wildman–Crippen LogP) is 1.82. The summed E-state index contributed by atoms with van der Waals surface area (Å²) in [7, 11) is 1.76. The summed E-state index contributed by atoms with van der Waals surface area (Å²) in [6.45, 7) is 8.36. The smallest absolute Gasteiger partial charge is 0.0476 e. The number of ether oxygens (including phenoxy) is 2. The van der Waals surface area contributed by atoms with Gasteiger partial charge in [0.15, 0.2) is 0 Å². The van der Waals surface area contributed by atoms with Gasteiger partial charge in [0.25, 0.3) is 0 Å².